The molecule has 1 atom stereocenters. The van der Waals surface area contributed by atoms with Gasteiger partial charge in [-0.15, -0.1) is 0 Å². The summed E-state index contributed by atoms with van der Waals surface area (Å²) >= 11 is 0. The van der Waals surface area contributed by atoms with Crippen LogP contribution in [0.4, 0.5) is 0 Å². The minimum Gasteiger partial charge on any atom is -0.507 e. The van der Waals surface area contributed by atoms with E-state index in [9.17, 15) is 19.9 Å². The van der Waals surface area contributed by atoms with Gasteiger partial charge in [-0.1, -0.05) is 41.6 Å². The number of para-hydroxylation sites is 1. The summed E-state index contributed by atoms with van der Waals surface area (Å²) in [5, 5.41) is 33.5. The highest BCUT2D eigenvalue weighted by Crippen LogP contribution is 2.29. The molecule has 0 bridgehead atoms. The summed E-state index contributed by atoms with van der Waals surface area (Å²) < 4.78 is 4.97. The van der Waals surface area contributed by atoms with Crippen LogP contribution in [0.3, 0.4) is 0 Å². The smallest absolute Gasteiger partial charge is 0.455 e. The third-order valence-corrected chi connectivity index (χ3v) is 4.64. The molecule has 0 saturated heterocycles. The highest BCUT2D eigenvalue weighted by atomic mass is 16.5. The van der Waals surface area contributed by atoms with Gasteiger partial charge in [0.25, 0.3) is 0 Å². The molecule has 0 amide bonds. The van der Waals surface area contributed by atoms with Crippen LogP contribution < -0.4 is 0 Å². The minimum atomic E-state index is -1.69. The second-order valence-corrected chi connectivity index (χ2v) is 6.81. The van der Waals surface area contributed by atoms with Crippen LogP contribution in [-0.4, -0.2) is 38.2 Å². The number of Topliss-reactive ketones (excluding diaryl/α,β-unsaturated/α-hetero) is 1. The van der Waals surface area contributed by atoms with Crippen LogP contribution in [0.2, 0.25) is 5.82 Å². The van der Waals surface area contributed by atoms with Crippen molar-refractivity contribution >= 4 is 12.9 Å². The van der Waals surface area contributed by atoms with Gasteiger partial charge in [0.2, 0.25) is 11.7 Å². The van der Waals surface area contributed by atoms with Gasteiger partial charge in [0, 0.05) is 30.3 Å². The standard InChI is InChI=1S/C20H21BN2O5/c1-12-5-3-7-15(19(12)25)10-17(21(26)27)11-18(24)14-6-4-8-16(9-14)20-22-13(2)28-23-20/h3-9,17,25-27H,10-11H2,1-2H3. The molecule has 0 spiro atoms. The third-order valence-electron chi connectivity index (χ3n) is 4.64. The lowest BCUT2D eigenvalue weighted by molar-refractivity contribution is 0.0975. The number of rotatable bonds is 7. The van der Waals surface area contributed by atoms with Crippen LogP contribution in [0.1, 0.15) is 33.8 Å². The lowest BCUT2D eigenvalue weighted by Gasteiger charge is -2.17. The van der Waals surface area contributed by atoms with Gasteiger partial charge in [-0.05, 0) is 30.5 Å². The summed E-state index contributed by atoms with van der Waals surface area (Å²) in [7, 11) is -1.69. The molecule has 0 aliphatic rings. The first-order chi connectivity index (χ1) is 13.3. The maximum absolute atomic E-state index is 12.7. The molecule has 0 fully saturated rings. The van der Waals surface area contributed by atoms with Gasteiger partial charge >= 0.3 is 7.12 Å². The molecule has 2 aromatic carbocycles. The van der Waals surface area contributed by atoms with E-state index in [-0.39, 0.29) is 24.4 Å². The number of carbonyl (C=O) groups excluding carboxylic acids is 1. The van der Waals surface area contributed by atoms with Gasteiger partial charge in [0.05, 0.1) is 0 Å². The van der Waals surface area contributed by atoms with Crippen molar-refractivity contribution in [1.82, 2.24) is 10.1 Å². The fourth-order valence-corrected chi connectivity index (χ4v) is 3.05. The topological polar surface area (TPSA) is 117 Å². The average Bonchev–Trinajstić information content (AvgIpc) is 3.11. The van der Waals surface area contributed by atoms with Crippen molar-refractivity contribution in [3.05, 3.63) is 65.0 Å². The molecule has 0 aliphatic carbocycles. The SMILES string of the molecule is Cc1nc(-c2cccc(C(=O)CC(Cc3cccc(C)c3O)B(O)O)c2)no1. The van der Waals surface area contributed by atoms with E-state index in [1.807, 2.05) is 0 Å². The Morgan fingerprint density at radius 2 is 1.93 bits per heavy atom. The Labute approximate surface area is 162 Å². The molecular formula is C20H21BN2O5. The van der Waals surface area contributed by atoms with Crippen molar-refractivity contribution < 1.29 is 24.5 Å². The predicted molar refractivity (Wildman–Crippen MR) is 104 cm³/mol. The number of phenolic OH excluding ortho intramolecular Hbond substituents is 1. The first-order valence-electron chi connectivity index (χ1n) is 8.92. The van der Waals surface area contributed by atoms with E-state index in [0.29, 0.717) is 34.0 Å². The summed E-state index contributed by atoms with van der Waals surface area (Å²) in [6, 6.07) is 12.0. The maximum Gasteiger partial charge on any atom is 0.455 e. The number of phenols is 1. The van der Waals surface area contributed by atoms with Crippen LogP contribution in [0.15, 0.2) is 47.0 Å². The Kier molecular flexibility index (Phi) is 5.91. The Morgan fingerprint density at radius 1 is 1.18 bits per heavy atom. The van der Waals surface area contributed by atoms with E-state index < -0.39 is 12.9 Å². The Bertz CT molecular complexity index is 986. The van der Waals surface area contributed by atoms with Crippen LogP contribution in [-0.2, 0) is 6.42 Å². The zero-order valence-corrected chi connectivity index (χ0v) is 15.7. The molecule has 0 radical (unpaired) electrons. The fraction of sp³-hybridized carbons (Fsp3) is 0.250. The number of benzene rings is 2. The van der Waals surface area contributed by atoms with E-state index in [2.05, 4.69) is 10.1 Å². The maximum atomic E-state index is 12.7. The normalized spacial score (nSPS) is 12.0. The number of aromatic nitrogens is 2. The Morgan fingerprint density at radius 3 is 2.61 bits per heavy atom. The van der Waals surface area contributed by atoms with Crippen molar-refractivity contribution in [2.45, 2.75) is 32.5 Å². The highest BCUT2D eigenvalue weighted by Gasteiger charge is 2.28. The van der Waals surface area contributed by atoms with Gasteiger partial charge in [-0.3, -0.25) is 4.79 Å². The number of aryl methyl sites for hydroxylation is 2. The van der Waals surface area contributed by atoms with Crippen molar-refractivity contribution in [2.75, 3.05) is 0 Å². The average molecular weight is 380 g/mol. The van der Waals surface area contributed by atoms with Crippen LogP contribution >= 0.6 is 0 Å². The number of hydrogen-bond acceptors (Lipinski definition) is 7. The van der Waals surface area contributed by atoms with E-state index in [1.165, 1.54) is 0 Å². The van der Waals surface area contributed by atoms with Crippen molar-refractivity contribution in [3.63, 3.8) is 0 Å². The predicted octanol–water partition coefficient (Wildman–Crippen LogP) is 2.72. The second-order valence-electron chi connectivity index (χ2n) is 6.81. The lowest BCUT2D eigenvalue weighted by atomic mass is 9.66. The molecule has 144 valence electrons. The molecule has 8 heteroatoms. The number of hydrogen-bond donors (Lipinski definition) is 3. The second kappa shape index (κ2) is 8.37. The van der Waals surface area contributed by atoms with Gasteiger partial charge in [0.1, 0.15) is 5.75 Å². The zero-order valence-electron chi connectivity index (χ0n) is 15.7. The molecule has 1 heterocycles. The van der Waals surface area contributed by atoms with Crippen molar-refractivity contribution in [1.29, 1.82) is 0 Å². The van der Waals surface area contributed by atoms with Crippen molar-refractivity contribution in [3.8, 4) is 17.1 Å². The van der Waals surface area contributed by atoms with Crippen molar-refractivity contribution in [2.24, 2.45) is 0 Å². The van der Waals surface area contributed by atoms with Gasteiger partial charge < -0.3 is 19.7 Å². The minimum absolute atomic E-state index is 0.0836. The quantitative estimate of drug-likeness (QED) is 0.426. The van der Waals surface area contributed by atoms with Gasteiger partial charge in [0.15, 0.2) is 5.78 Å². The molecule has 3 N–H and O–H groups in total. The fourth-order valence-electron chi connectivity index (χ4n) is 3.05. The monoisotopic (exact) mass is 380 g/mol. The summed E-state index contributed by atoms with van der Waals surface area (Å²) in [5.74, 6) is -0.0811. The lowest BCUT2D eigenvalue weighted by Crippen LogP contribution is -2.24. The van der Waals surface area contributed by atoms with E-state index in [4.69, 9.17) is 4.52 Å². The molecule has 7 nitrogen and oxygen atoms in total. The number of aromatic hydroxyl groups is 1. The van der Waals surface area contributed by atoms with Gasteiger partial charge in [-0.25, -0.2) is 0 Å². The summed E-state index contributed by atoms with van der Waals surface area (Å²) in [4.78, 5) is 16.9. The van der Waals surface area contributed by atoms with Crippen LogP contribution in [0, 0.1) is 13.8 Å². The van der Waals surface area contributed by atoms with Crippen LogP contribution in [0.5, 0.6) is 5.75 Å². The first kappa shape index (κ1) is 19.8. The molecule has 3 rings (SSSR count). The number of carbonyl (C=O) groups is 1. The molecule has 1 unspecified atom stereocenters. The first-order valence-corrected chi connectivity index (χ1v) is 8.92. The largest absolute Gasteiger partial charge is 0.507 e. The van der Waals surface area contributed by atoms with Crippen LogP contribution in [0.25, 0.3) is 11.4 Å². The summed E-state index contributed by atoms with van der Waals surface area (Å²) in [6.45, 7) is 3.44. The number of ketones is 1. The Balaban J connectivity index is 1.78. The Hall–Kier alpha value is -2.97. The zero-order chi connectivity index (χ0) is 20.3. The molecule has 3 aromatic rings. The third kappa shape index (κ3) is 4.47. The summed E-state index contributed by atoms with van der Waals surface area (Å²) in [6.07, 6.45) is 0.0838. The number of nitrogens with zero attached hydrogens (tertiary/aromatic N) is 2. The molecule has 28 heavy (non-hydrogen) atoms. The molecule has 0 saturated carbocycles. The molecular weight excluding hydrogens is 359 g/mol. The van der Waals surface area contributed by atoms with Gasteiger partial charge in [-0.2, -0.15) is 4.98 Å². The highest BCUT2D eigenvalue weighted by molar-refractivity contribution is 6.43. The molecule has 0 aliphatic heterocycles. The van der Waals surface area contributed by atoms with E-state index in [1.54, 1.807) is 56.3 Å². The molecule has 1 aromatic heterocycles. The summed E-state index contributed by atoms with van der Waals surface area (Å²) in [5.41, 5.74) is 2.32. The van der Waals surface area contributed by atoms with E-state index in [0.717, 1.165) is 0 Å². The van der Waals surface area contributed by atoms with E-state index >= 15 is 0 Å².